The number of thiophene rings is 1. The molecule has 2 aliphatic rings. The molecule has 5 nitrogen and oxygen atoms in total. The van der Waals surface area contributed by atoms with Crippen LogP contribution in [0.5, 0.6) is 0 Å². The molecule has 2 N–H and O–H groups in total. The molecule has 0 bridgehead atoms. The lowest BCUT2D eigenvalue weighted by atomic mass is 9.96. The predicted octanol–water partition coefficient (Wildman–Crippen LogP) is 1.51. The lowest BCUT2D eigenvalue weighted by molar-refractivity contribution is -0.131. The summed E-state index contributed by atoms with van der Waals surface area (Å²) in [6, 6.07) is 3.54. The standard InChI is InChI=1S/C14H19N3O2S/c1-14(11-3-2-8-20-11)12(18)17(13(19)16-14)9-10-4-6-15-7-5-10/h2-3,8,10,15H,4-7,9H2,1H3,(H,16,19). The number of nitrogens with zero attached hydrogens (tertiary/aromatic N) is 1. The van der Waals surface area contributed by atoms with E-state index in [0.29, 0.717) is 12.5 Å². The van der Waals surface area contributed by atoms with Crippen LogP contribution < -0.4 is 10.6 Å². The van der Waals surface area contributed by atoms with Crippen LogP contribution in [0.15, 0.2) is 17.5 Å². The maximum Gasteiger partial charge on any atom is 0.325 e. The molecule has 1 aromatic rings. The van der Waals surface area contributed by atoms with Crippen molar-refractivity contribution in [2.45, 2.75) is 25.3 Å². The van der Waals surface area contributed by atoms with Crippen molar-refractivity contribution in [3.63, 3.8) is 0 Å². The molecule has 3 heterocycles. The van der Waals surface area contributed by atoms with Crippen molar-refractivity contribution in [2.75, 3.05) is 19.6 Å². The number of urea groups is 1. The van der Waals surface area contributed by atoms with Gasteiger partial charge in [-0.15, -0.1) is 11.3 Å². The topological polar surface area (TPSA) is 61.4 Å². The van der Waals surface area contributed by atoms with Gasteiger partial charge < -0.3 is 10.6 Å². The highest BCUT2D eigenvalue weighted by Crippen LogP contribution is 2.32. The molecule has 0 spiro atoms. The summed E-state index contributed by atoms with van der Waals surface area (Å²) in [5.41, 5.74) is -0.891. The van der Waals surface area contributed by atoms with Crippen molar-refractivity contribution in [3.8, 4) is 0 Å². The number of rotatable bonds is 3. The molecule has 6 heteroatoms. The Kier molecular flexibility index (Phi) is 3.52. The van der Waals surface area contributed by atoms with E-state index in [0.717, 1.165) is 30.8 Å². The number of carbonyl (C=O) groups excluding carboxylic acids is 2. The molecule has 108 valence electrons. The molecule has 0 aliphatic carbocycles. The Bertz CT molecular complexity index is 510. The highest BCUT2D eigenvalue weighted by molar-refractivity contribution is 7.10. The molecule has 3 rings (SSSR count). The van der Waals surface area contributed by atoms with Crippen LogP contribution in [-0.4, -0.2) is 36.5 Å². The molecule has 0 saturated carbocycles. The summed E-state index contributed by atoms with van der Waals surface area (Å²) in [5, 5.41) is 8.08. The Morgan fingerprint density at radius 3 is 2.80 bits per heavy atom. The van der Waals surface area contributed by atoms with Crippen LogP contribution in [0.3, 0.4) is 0 Å². The Morgan fingerprint density at radius 2 is 2.15 bits per heavy atom. The van der Waals surface area contributed by atoms with Gasteiger partial charge in [-0.25, -0.2) is 4.79 Å². The highest BCUT2D eigenvalue weighted by atomic mass is 32.1. The molecule has 1 atom stereocenters. The van der Waals surface area contributed by atoms with E-state index in [2.05, 4.69) is 10.6 Å². The summed E-state index contributed by atoms with van der Waals surface area (Å²) >= 11 is 1.50. The normalized spacial score (nSPS) is 27.9. The van der Waals surface area contributed by atoms with E-state index >= 15 is 0 Å². The first-order chi connectivity index (χ1) is 9.61. The summed E-state index contributed by atoms with van der Waals surface area (Å²) in [5.74, 6) is 0.292. The van der Waals surface area contributed by atoms with E-state index in [1.165, 1.54) is 16.2 Å². The Hall–Kier alpha value is -1.40. The number of imide groups is 1. The fourth-order valence-electron chi connectivity index (χ4n) is 2.92. The van der Waals surface area contributed by atoms with Crippen molar-refractivity contribution in [1.29, 1.82) is 0 Å². The van der Waals surface area contributed by atoms with Crippen LogP contribution in [-0.2, 0) is 10.3 Å². The first kappa shape index (κ1) is 13.6. The minimum atomic E-state index is -0.891. The lowest BCUT2D eigenvalue weighted by Crippen LogP contribution is -2.42. The van der Waals surface area contributed by atoms with Crippen molar-refractivity contribution in [3.05, 3.63) is 22.4 Å². The Balaban J connectivity index is 1.76. The van der Waals surface area contributed by atoms with E-state index in [-0.39, 0.29) is 11.9 Å². The largest absolute Gasteiger partial charge is 0.325 e. The first-order valence-electron chi connectivity index (χ1n) is 7.00. The molecular weight excluding hydrogens is 274 g/mol. The smallest absolute Gasteiger partial charge is 0.319 e. The summed E-state index contributed by atoms with van der Waals surface area (Å²) in [6.45, 7) is 4.27. The van der Waals surface area contributed by atoms with Crippen molar-refractivity contribution >= 4 is 23.3 Å². The summed E-state index contributed by atoms with van der Waals surface area (Å²) in [6.07, 6.45) is 2.04. The number of carbonyl (C=O) groups is 2. The molecule has 2 saturated heterocycles. The third-order valence-electron chi connectivity index (χ3n) is 4.19. The van der Waals surface area contributed by atoms with Crippen molar-refractivity contribution in [2.24, 2.45) is 5.92 Å². The molecular formula is C14H19N3O2S. The number of piperidine rings is 1. The zero-order chi connectivity index (χ0) is 14.2. The maximum atomic E-state index is 12.6. The van der Waals surface area contributed by atoms with Gasteiger partial charge in [-0.2, -0.15) is 0 Å². The van der Waals surface area contributed by atoms with E-state index < -0.39 is 5.54 Å². The molecule has 20 heavy (non-hydrogen) atoms. The molecule has 3 amide bonds. The van der Waals surface area contributed by atoms with Gasteiger partial charge >= 0.3 is 6.03 Å². The summed E-state index contributed by atoms with van der Waals surface area (Å²) in [4.78, 5) is 27.1. The Morgan fingerprint density at radius 1 is 1.40 bits per heavy atom. The minimum absolute atomic E-state index is 0.122. The highest BCUT2D eigenvalue weighted by Gasteiger charge is 2.49. The van der Waals surface area contributed by atoms with Crippen LogP contribution in [0, 0.1) is 5.92 Å². The third kappa shape index (κ3) is 2.23. The molecule has 0 aromatic carbocycles. The van der Waals surface area contributed by atoms with Crippen molar-refractivity contribution < 1.29 is 9.59 Å². The molecule has 1 unspecified atom stereocenters. The molecule has 2 fully saturated rings. The van der Waals surface area contributed by atoms with Gasteiger partial charge in [-0.05, 0) is 50.2 Å². The average molecular weight is 293 g/mol. The zero-order valence-corrected chi connectivity index (χ0v) is 12.3. The fourth-order valence-corrected chi connectivity index (χ4v) is 3.75. The number of hydrogen-bond donors (Lipinski definition) is 2. The monoisotopic (exact) mass is 293 g/mol. The number of amides is 3. The SMILES string of the molecule is CC1(c2cccs2)NC(=O)N(CC2CCNCC2)C1=O. The molecule has 0 radical (unpaired) electrons. The molecule has 1 aromatic heterocycles. The predicted molar refractivity (Wildman–Crippen MR) is 77.5 cm³/mol. The van der Waals surface area contributed by atoms with Crippen molar-refractivity contribution in [1.82, 2.24) is 15.5 Å². The van der Waals surface area contributed by atoms with E-state index in [9.17, 15) is 9.59 Å². The average Bonchev–Trinajstić information content (AvgIpc) is 3.05. The van der Waals surface area contributed by atoms with Gasteiger partial charge in [0.1, 0.15) is 0 Å². The van der Waals surface area contributed by atoms with E-state index in [4.69, 9.17) is 0 Å². The number of hydrogen-bond acceptors (Lipinski definition) is 4. The van der Waals surface area contributed by atoms with E-state index in [1.54, 1.807) is 6.92 Å². The van der Waals surface area contributed by atoms with Gasteiger partial charge in [0, 0.05) is 11.4 Å². The van der Waals surface area contributed by atoms with Crippen LogP contribution in [0.1, 0.15) is 24.6 Å². The summed E-state index contributed by atoms with van der Waals surface area (Å²) in [7, 11) is 0. The molecule has 2 aliphatic heterocycles. The second kappa shape index (κ2) is 5.18. The van der Waals surface area contributed by atoms with Crippen LogP contribution in [0.4, 0.5) is 4.79 Å². The minimum Gasteiger partial charge on any atom is -0.319 e. The van der Waals surface area contributed by atoms with Crippen LogP contribution in [0.25, 0.3) is 0 Å². The lowest BCUT2D eigenvalue weighted by Gasteiger charge is -2.26. The van der Waals surface area contributed by atoms with E-state index in [1.807, 2.05) is 17.5 Å². The maximum absolute atomic E-state index is 12.6. The van der Waals surface area contributed by atoms with Gasteiger partial charge in [0.2, 0.25) is 0 Å². The zero-order valence-electron chi connectivity index (χ0n) is 11.5. The van der Waals surface area contributed by atoms with Crippen LogP contribution >= 0.6 is 11.3 Å². The quantitative estimate of drug-likeness (QED) is 0.831. The van der Waals surface area contributed by atoms with Crippen LogP contribution in [0.2, 0.25) is 0 Å². The fraction of sp³-hybridized carbons (Fsp3) is 0.571. The second-order valence-electron chi connectivity index (χ2n) is 5.64. The number of nitrogens with one attached hydrogen (secondary N) is 2. The first-order valence-corrected chi connectivity index (χ1v) is 7.88. The van der Waals surface area contributed by atoms with Gasteiger partial charge in [0.25, 0.3) is 5.91 Å². The van der Waals surface area contributed by atoms with Gasteiger partial charge in [-0.1, -0.05) is 6.07 Å². The van der Waals surface area contributed by atoms with Gasteiger partial charge in [-0.3, -0.25) is 9.69 Å². The van der Waals surface area contributed by atoms with Gasteiger partial charge in [0.05, 0.1) is 0 Å². The summed E-state index contributed by atoms with van der Waals surface area (Å²) < 4.78 is 0. The Labute approximate surface area is 122 Å². The third-order valence-corrected chi connectivity index (χ3v) is 5.28. The second-order valence-corrected chi connectivity index (χ2v) is 6.59. The van der Waals surface area contributed by atoms with Gasteiger partial charge in [0.15, 0.2) is 5.54 Å².